The monoisotopic (exact) mass is 320 g/mol. The van der Waals surface area contributed by atoms with Gasteiger partial charge in [-0.05, 0) is 41.8 Å². The first-order valence-electron chi connectivity index (χ1n) is 7.16. The van der Waals surface area contributed by atoms with Crippen molar-refractivity contribution in [3.8, 4) is 0 Å². The zero-order valence-electron chi connectivity index (χ0n) is 12.4. The highest BCUT2D eigenvalue weighted by Gasteiger charge is 2.19. The maximum absolute atomic E-state index is 13.1. The second kappa shape index (κ2) is 7.80. The van der Waals surface area contributed by atoms with Crippen LogP contribution in [-0.2, 0) is 11.2 Å². The molecule has 1 amide bonds. The van der Waals surface area contributed by atoms with Crippen molar-refractivity contribution in [1.29, 1.82) is 0 Å². The molecule has 0 aliphatic carbocycles. The summed E-state index contributed by atoms with van der Waals surface area (Å²) in [6.07, 6.45) is 0.385. The van der Waals surface area contributed by atoms with Crippen molar-refractivity contribution in [2.75, 3.05) is 6.61 Å². The summed E-state index contributed by atoms with van der Waals surface area (Å²) in [6.45, 7) is -0.474. The molecular formula is C17H18F2N2O2. The molecule has 2 atom stereocenters. The van der Waals surface area contributed by atoms with E-state index in [9.17, 15) is 13.6 Å². The lowest BCUT2D eigenvalue weighted by Crippen LogP contribution is -2.44. The van der Waals surface area contributed by atoms with Gasteiger partial charge in [0.25, 0.3) is 0 Å². The Balaban J connectivity index is 2.21. The quantitative estimate of drug-likeness (QED) is 0.758. The summed E-state index contributed by atoms with van der Waals surface area (Å²) in [7, 11) is 0. The van der Waals surface area contributed by atoms with Crippen molar-refractivity contribution in [3.63, 3.8) is 0 Å². The minimum Gasteiger partial charge on any atom is -0.394 e. The highest BCUT2D eigenvalue weighted by molar-refractivity contribution is 5.82. The Morgan fingerprint density at radius 3 is 2.09 bits per heavy atom. The summed E-state index contributed by atoms with van der Waals surface area (Å²) in [6, 6.07) is 10.1. The zero-order chi connectivity index (χ0) is 16.8. The van der Waals surface area contributed by atoms with Gasteiger partial charge in [0.15, 0.2) is 0 Å². The second-order valence-electron chi connectivity index (χ2n) is 5.23. The van der Waals surface area contributed by atoms with Gasteiger partial charge in [-0.3, -0.25) is 4.79 Å². The summed E-state index contributed by atoms with van der Waals surface area (Å²) >= 11 is 0. The fourth-order valence-corrected chi connectivity index (χ4v) is 2.17. The SMILES string of the molecule is N[C@H](CO)C(=O)NC(Cc1ccc(F)cc1)c1ccc(F)cc1. The lowest BCUT2D eigenvalue weighted by Gasteiger charge is -2.21. The predicted molar refractivity (Wildman–Crippen MR) is 82.4 cm³/mol. The van der Waals surface area contributed by atoms with E-state index in [1.807, 2.05) is 0 Å². The van der Waals surface area contributed by atoms with Crippen LogP contribution in [0.4, 0.5) is 8.78 Å². The topological polar surface area (TPSA) is 75.3 Å². The van der Waals surface area contributed by atoms with Crippen molar-refractivity contribution in [2.24, 2.45) is 5.73 Å². The summed E-state index contributed by atoms with van der Waals surface area (Å²) in [5.41, 5.74) is 7.00. The first-order chi connectivity index (χ1) is 11.0. The first kappa shape index (κ1) is 17.1. The minimum atomic E-state index is -1.04. The molecule has 0 fully saturated rings. The molecule has 2 aromatic carbocycles. The number of carbonyl (C=O) groups is 1. The molecule has 4 N–H and O–H groups in total. The molecule has 0 saturated carbocycles. The fraction of sp³-hybridized carbons (Fsp3) is 0.235. The van der Waals surface area contributed by atoms with Gasteiger partial charge >= 0.3 is 0 Å². The number of amides is 1. The summed E-state index contributed by atoms with van der Waals surface area (Å²) in [5.74, 6) is -1.24. The highest BCUT2D eigenvalue weighted by Crippen LogP contribution is 2.19. The average Bonchev–Trinajstić information content (AvgIpc) is 2.56. The smallest absolute Gasteiger partial charge is 0.239 e. The molecule has 0 spiro atoms. The van der Waals surface area contributed by atoms with E-state index in [0.717, 1.165) is 5.56 Å². The molecule has 23 heavy (non-hydrogen) atoms. The van der Waals surface area contributed by atoms with Crippen molar-refractivity contribution < 1.29 is 18.7 Å². The van der Waals surface area contributed by atoms with Crippen LogP contribution in [0.1, 0.15) is 17.2 Å². The fourth-order valence-electron chi connectivity index (χ4n) is 2.17. The third-order valence-electron chi connectivity index (χ3n) is 3.48. The van der Waals surface area contributed by atoms with E-state index < -0.39 is 24.6 Å². The van der Waals surface area contributed by atoms with Crippen LogP contribution in [0.2, 0.25) is 0 Å². The first-order valence-corrected chi connectivity index (χ1v) is 7.16. The molecular weight excluding hydrogens is 302 g/mol. The van der Waals surface area contributed by atoms with Gasteiger partial charge in [-0.2, -0.15) is 0 Å². The molecule has 0 bridgehead atoms. The summed E-state index contributed by atoms with van der Waals surface area (Å²) in [4.78, 5) is 11.9. The molecule has 2 aromatic rings. The largest absolute Gasteiger partial charge is 0.394 e. The number of carbonyl (C=O) groups excluding carboxylic acids is 1. The number of aliphatic hydroxyl groups is 1. The predicted octanol–water partition coefficient (Wildman–Crippen LogP) is 1.68. The van der Waals surface area contributed by atoms with Crippen molar-refractivity contribution in [3.05, 3.63) is 71.3 Å². The van der Waals surface area contributed by atoms with Crippen LogP contribution >= 0.6 is 0 Å². The lowest BCUT2D eigenvalue weighted by molar-refractivity contribution is -0.123. The van der Waals surface area contributed by atoms with Crippen LogP contribution in [0, 0.1) is 11.6 Å². The number of benzene rings is 2. The van der Waals surface area contributed by atoms with E-state index in [4.69, 9.17) is 10.8 Å². The van der Waals surface area contributed by atoms with Crippen LogP contribution in [-0.4, -0.2) is 23.7 Å². The zero-order valence-corrected chi connectivity index (χ0v) is 12.4. The molecule has 0 radical (unpaired) electrons. The molecule has 0 aliphatic rings. The molecule has 4 nitrogen and oxygen atoms in total. The van der Waals surface area contributed by atoms with Crippen LogP contribution in [0.25, 0.3) is 0 Å². The molecule has 2 rings (SSSR count). The van der Waals surface area contributed by atoms with E-state index in [1.165, 1.54) is 24.3 Å². The van der Waals surface area contributed by atoms with Crippen LogP contribution in [0.3, 0.4) is 0 Å². The minimum absolute atomic E-state index is 0.349. The number of halogens is 2. The molecule has 0 aliphatic heterocycles. The molecule has 0 heterocycles. The standard InChI is InChI=1S/C17H18F2N2O2/c18-13-5-1-11(2-6-13)9-16(21-17(23)15(20)10-22)12-3-7-14(19)8-4-12/h1-8,15-16,22H,9-10,20H2,(H,21,23)/t15-,16?/m1/s1. The van der Waals surface area contributed by atoms with Crippen LogP contribution in [0.5, 0.6) is 0 Å². The van der Waals surface area contributed by atoms with Gasteiger partial charge in [0.1, 0.15) is 17.7 Å². The van der Waals surface area contributed by atoms with Crippen molar-refractivity contribution in [2.45, 2.75) is 18.5 Å². The van der Waals surface area contributed by atoms with Gasteiger partial charge in [0.2, 0.25) is 5.91 Å². The van der Waals surface area contributed by atoms with Gasteiger partial charge in [0, 0.05) is 0 Å². The molecule has 1 unspecified atom stereocenters. The Morgan fingerprint density at radius 1 is 1.04 bits per heavy atom. The maximum Gasteiger partial charge on any atom is 0.239 e. The molecule has 0 aromatic heterocycles. The van der Waals surface area contributed by atoms with Crippen LogP contribution in [0.15, 0.2) is 48.5 Å². The summed E-state index contributed by atoms with van der Waals surface area (Å²) in [5, 5.41) is 11.7. The van der Waals surface area contributed by atoms with Gasteiger partial charge in [0.05, 0.1) is 12.6 Å². The molecule has 122 valence electrons. The Kier molecular flexibility index (Phi) is 5.78. The Morgan fingerprint density at radius 2 is 1.57 bits per heavy atom. The van der Waals surface area contributed by atoms with Gasteiger partial charge in [-0.15, -0.1) is 0 Å². The van der Waals surface area contributed by atoms with Gasteiger partial charge < -0.3 is 16.2 Å². The number of hydrogen-bond donors (Lipinski definition) is 3. The highest BCUT2D eigenvalue weighted by atomic mass is 19.1. The molecule has 6 heteroatoms. The number of aliphatic hydroxyl groups excluding tert-OH is 1. The van der Waals surface area contributed by atoms with Gasteiger partial charge in [-0.1, -0.05) is 24.3 Å². The Bertz CT molecular complexity index is 645. The van der Waals surface area contributed by atoms with E-state index in [2.05, 4.69) is 5.32 Å². The Labute approximate surface area is 132 Å². The van der Waals surface area contributed by atoms with Crippen molar-refractivity contribution in [1.82, 2.24) is 5.32 Å². The Hall–Kier alpha value is -2.31. The maximum atomic E-state index is 13.1. The third-order valence-corrected chi connectivity index (χ3v) is 3.48. The third kappa shape index (κ3) is 4.84. The summed E-state index contributed by atoms with van der Waals surface area (Å²) < 4.78 is 26.1. The second-order valence-corrected chi connectivity index (χ2v) is 5.23. The molecule has 0 saturated heterocycles. The lowest BCUT2D eigenvalue weighted by atomic mass is 9.98. The number of hydrogen-bond acceptors (Lipinski definition) is 3. The normalized spacial score (nSPS) is 13.4. The van der Waals surface area contributed by atoms with E-state index >= 15 is 0 Å². The van der Waals surface area contributed by atoms with E-state index in [0.29, 0.717) is 12.0 Å². The number of rotatable bonds is 6. The number of nitrogens with two attached hydrogens (primary N) is 1. The van der Waals surface area contributed by atoms with E-state index in [1.54, 1.807) is 24.3 Å². The van der Waals surface area contributed by atoms with Crippen LogP contribution < -0.4 is 11.1 Å². The van der Waals surface area contributed by atoms with Crippen molar-refractivity contribution >= 4 is 5.91 Å². The van der Waals surface area contributed by atoms with E-state index in [-0.39, 0.29) is 11.6 Å². The number of nitrogens with one attached hydrogen (secondary N) is 1. The van der Waals surface area contributed by atoms with Gasteiger partial charge in [-0.25, -0.2) is 8.78 Å². The average molecular weight is 320 g/mol.